The van der Waals surface area contributed by atoms with Gasteiger partial charge in [-0.25, -0.2) is 8.42 Å². The Morgan fingerprint density at radius 1 is 1.08 bits per heavy atom. The maximum atomic E-state index is 12.4. The van der Waals surface area contributed by atoms with Crippen molar-refractivity contribution in [1.29, 1.82) is 0 Å². The van der Waals surface area contributed by atoms with Crippen LogP contribution < -0.4 is 15.4 Å². The molecule has 1 heterocycles. The van der Waals surface area contributed by atoms with Gasteiger partial charge in [0.25, 0.3) is 15.9 Å². The van der Waals surface area contributed by atoms with Crippen LogP contribution in [0.15, 0.2) is 53.4 Å². The number of anilines is 1. The van der Waals surface area contributed by atoms with E-state index in [-0.39, 0.29) is 29.3 Å². The van der Waals surface area contributed by atoms with Gasteiger partial charge in [0.2, 0.25) is 0 Å². The highest BCUT2D eigenvalue weighted by atomic mass is 35.5. The van der Waals surface area contributed by atoms with Crippen LogP contribution in [0.1, 0.15) is 22.3 Å². The van der Waals surface area contributed by atoms with Crippen LogP contribution in [0.2, 0.25) is 0 Å². The Labute approximate surface area is 159 Å². The molecule has 1 atom stereocenters. The van der Waals surface area contributed by atoms with Gasteiger partial charge in [0.1, 0.15) is 0 Å². The van der Waals surface area contributed by atoms with E-state index in [2.05, 4.69) is 15.4 Å². The quantitative estimate of drug-likeness (QED) is 0.725. The standard InChI is InChI=1S/C18H21N3O3S.ClH/c1-13-2-6-15(7-3-13)21-25(23,24)17-8-4-14(5-9-17)18(22)20-16-10-11-19-12-16;/h2-9,16,19,21H,10-12H2,1H3,(H,20,22);1H. The molecule has 3 N–H and O–H groups in total. The Morgan fingerprint density at radius 3 is 2.31 bits per heavy atom. The zero-order valence-corrected chi connectivity index (χ0v) is 16.0. The second-order valence-electron chi connectivity index (χ2n) is 6.16. The molecule has 8 heteroatoms. The van der Waals surface area contributed by atoms with E-state index in [1.807, 2.05) is 19.1 Å². The van der Waals surface area contributed by atoms with Crippen LogP contribution in [-0.2, 0) is 10.0 Å². The van der Waals surface area contributed by atoms with Gasteiger partial charge in [0.15, 0.2) is 0 Å². The summed E-state index contributed by atoms with van der Waals surface area (Å²) in [5.41, 5.74) is 2.00. The molecule has 0 bridgehead atoms. The fourth-order valence-electron chi connectivity index (χ4n) is 2.67. The molecule has 1 aliphatic rings. The number of hydrogen-bond donors (Lipinski definition) is 3. The highest BCUT2D eigenvalue weighted by Gasteiger charge is 2.19. The number of carbonyl (C=O) groups excluding carboxylic acids is 1. The number of aryl methyl sites for hydroxylation is 1. The van der Waals surface area contributed by atoms with Crippen molar-refractivity contribution in [2.24, 2.45) is 0 Å². The zero-order valence-electron chi connectivity index (χ0n) is 14.4. The van der Waals surface area contributed by atoms with E-state index in [1.54, 1.807) is 12.1 Å². The topological polar surface area (TPSA) is 87.3 Å². The van der Waals surface area contributed by atoms with Crippen molar-refractivity contribution in [1.82, 2.24) is 10.6 Å². The maximum Gasteiger partial charge on any atom is 0.261 e. The Bertz CT molecular complexity index is 846. The van der Waals surface area contributed by atoms with E-state index in [0.717, 1.165) is 25.1 Å². The molecular weight excluding hydrogens is 374 g/mol. The predicted molar refractivity (Wildman–Crippen MR) is 104 cm³/mol. The number of nitrogens with one attached hydrogen (secondary N) is 3. The van der Waals surface area contributed by atoms with E-state index in [0.29, 0.717) is 11.3 Å². The average Bonchev–Trinajstić information content (AvgIpc) is 3.10. The molecule has 3 rings (SSSR count). The molecule has 2 aromatic carbocycles. The molecule has 6 nitrogen and oxygen atoms in total. The molecule has 0 aromatic heterocycles. The smallest absolute Gasteiger partial charge is 0.261 e. The number of benzene rings is 2. The van der Waals surface area contributed by atoms with Crippen molar-refractivity contribution in [3.63, 3.8) is 0 Å². The average molecular weight is 396 g/mol. The molecule has 1 saturated heterocycles. The molecule has 0 saturated carbocycles. The molecule has 0 spiro atoms. The summed E-state index contributed by atoms with van der Waals surface area (Å²) in [5, 5.41) is 6.11. The SMILES string of the molecule is Cc1ccc(NS(=O)(=O)c2ccc(C(=O)NC3CCNC3)cc2)cc1.Cl. The van der Waals surface area contributed by atoms with E-state index >= 15 is 0 Å². The summed E-state index contributed by atoms with van der Waals surface area (Å²) in [6.45, 7) is 3.59. The first-order valence-electron chi connectivity index (χ1n) is 8.15. The van der Waals surface area contributed by atoms with Crippen LogP contribution in [-0.4, -0.2) is 33.5 Å². The summed E-state index contributed by atoms with van der Waals surface area (Å²) in [4.78, 5) is 12.3. The van der Waals surface area contributed by atoms with Gasteiger partial charge in [0.05, 0.1) is 4.90 Å². The molecule has 26 heavy (non-hydrogen) atoms. The van der Waals surface area contributed by atoms with Gasteiger partial charge in [-0.2, -0.15) is 0 Å². The monoisotopic (exact) mass is 395 g/mol. The van der Waals surface area contributed by atoms with Crippen LogP contribution in [0.25, 0.3) is 0 Å². The molecule has 2 aromatic rings. The van der Waals surface area contributed by atoms with Crippen LogP contribution in [0.3, 0.4) is 0 Å². The third-order valence-corrected chi connectivity index (χ3v) is 5.52. The third-order valence-electron chi connectivity index (χ3n) is 4.13. The summed E-state index contributed by atoms with van der Waals surface area (Å²) in [6, 6.07) is 13.2. The lowest BCUT2D eigenvalue weighted by Crippen LogP contribution is -2.36. The highest BCUT2D eigenvalue weighted by molar-refractivity contribution is 7.92. The summed E-state index contributed by atoms with van der Waals surface area (Å²) in [6.07, 6.45) is 0.901. The lowest BCUT2D eigenvalue weighted by Gasteiger charge is -2.12. The van der Waals surface area contributed by atoms with Gasteiger partial charge in [0, 0.05) is 23.8 Å². The summed E-state index contributed by atoms with van der Waals surface area (Å²) in [5.74, 6) is -0.191. The van der Waals surface area contributed by atoms with Crippen molar-refractivity contribution < 1.29 is 13.2 Å². The Hall–Kier alpha value is -2.09. The first-order chi connectivity index (χ1) is 11.9. The summed E-state index contributed by atoms with van der Waals surface area (Å²) < 4.78 is 27.4. The molecule has 1 fully saturated rings. The molecule has 0 aliphatic carbocycles. The number of halogens is 1. The first kappa shape index (κ1) is 20.2. The minimum Gasteiger partial charge on any atom is -0.348 e. The maximum absolute atomic E-state index is 12.4. The van der Waals surface area contributed by atoms with Crippen LogP contribution in [0.4, 0.5) is 5.69 Å². The minimum atomic E-state index is -3.68. The zero-order chi connectivity index (χ0) is 17.9. The van der Waals surface area contributed by atoms with E-state index < -0.39 is 10.0 Å². The third kappa shape index (κ3) is 4.97. The van der Waals surface area contributed by atoms with Gasteiger partial charge < -0.3 is 10.6 Å². The van der Waals surface area contributed by atoms with Crippen molar-refractivity contribution in [3.05, 3.63) is 59.7 Å². The van der Waals surface area contributed by atoms with Crippen molar-refractivity contribution in [2.75, 3.05) is 17.8 Å². The largest absolute Gasteiger partial charge is 0.348 e. The number of rotatable bonds is 5. The van der Waals surface area contributed by atoms with Gasteiger partial charge in [-0.3, -0.25) is 9.52 Å². The molecular formula is C18H22ClN3O3S. The van der Waals surface area contributed by atoms with Gasteiger partial charge in [-0.15, -0.1) is 12.4 Å². The lowest BCUT2D eigenvalue weighted by molar-refractivity contribution is 0.0940. The molecule has 0 radical (unpaired) electrons. The van der Waals surface area contributed by atoms with Crippen LogP contribution in [0, 0.1) is 6.92 Å². The first-order valence-corrected chi connectivity index (χ1v) is 9.63. The minimum absolute atomic E-state index is 0. The predicted octanol–water partition coefficient (Wildman–Crippen LogP) is 2.31. The van der Waals surface area contributed by atoms with Crippen molar-refractivity contribution in [2.45, 2.75) is 24.3 Å². The summed E-state index contributed by atoms with van der Waals surface area (Å²) >= 11 is 0. The second kappa shape index (κ2) is 8.53. The number of amides is 1. The van der Waals surface area contributed by atoms with E-state index in [1.165, 1.54) is 24.3 Å². The molecule has 1 unspecified atom stereocenters. The van der Waals surface area contributed by atoms with Crippen molar-refractivity contribution in [3.8, 4) is 0 Å². The van der Waals surface area contributed by atoms with Gasteiger partial charge in [-0.1, -0.05) is 17.7 Å². The Kier molecular flexibility index (Phi) is 6.63. The molecule has 140 valence electrons. The van der Waals surface area contributed by atoms with Gasteiger partial charge >= 0.3 is 0 Å². The molecule has 1 aliphatic heterocycles. The van der Waals surface area contributed by atoms with Crippen molar-refractivity contribution >= 4 is 34.0 Å². The normalized spacial score (nSPS) is 16.6. The Morgan fingerprint density at radius 2 is 1.73 bits per heavy atom. The number of carbonyl (C=O) groups is 1. The highest BCUT2D eigenvalue weighted by Crippen LogP contribution is 2.17. The fourth-order valence-corrected chi connectivity index (χ4v) is 3.73. The second-order valence-corrected chi connectivity index (χ2v) is 7.84. The summed E-state index contributed by atoms with van der Waals surface area (Å²) in [7, 11) is -3.68. The van der Waals surface area contributed by atoms with Crippen LogP contribution in [0.5, 0.6) is 0 Å². The molecule has 1 amide bonds. The number of hydrogen-bond acceptors (Lipinski definition) is 4. The Balaban J connectivity index is 0.00000243. The van der Waals surface area contributed by atoms with Crippen LogP contribution >= 0.6 is 12.4 Å². The van der Waals surface area contributed by atoms with E-state index in [9.17, 15) is 13.2 Å². The van der Waals surface area contributed by atoms with Gasteiger partial charge in [-0.05, 0) is 56.3 Å². The van der Waals surface area contributed by atoms with E-state index in [4.69, 9.17) is 0 Å². The fraction of sp³-hybridized carbons (Fsp3) is 0.278. The number of sulfonamides is 1. The lowest BCUT2D eigenvalue weighted by atomic mass is 10.2.